The second kappa shape index (κ2) is 36.5. The molecule has 6 N–H and O–H groups in total. The van der Waals surface area contributed by atoms with Crippen LogP contribution >= 0.6 is 0 Å². The smallest absolute Gasteiger partial charge is 0.220 e. The van der Waals surface area contributed by atoms with Gasteiger partial charge in [-0.2, -0.15) is 0 Å². The van der Waals surface area contributed by atoms with Crippen molar-refractivity contribution in [3.8, 4) is 0 Å². The number of nitrogens with one attached hydrogen (secondary N) is 1. The van der Waals surface area contributed by atoms with Crippen molar-refractivity contribution in [1.82, 2.24) is 5.32 Å². The summed E-state index contributed by atoms with van der Waals surface area (Å²) in [5.74, 6) is -0.212. The van der Waals surface area contributed by atoms with E-state index in [1.807, 2.05) is 6.08 Å². The van der Waals surface area contributed by atoms with Crippen molar-refractivity contribution in [2.45, 2.75) is 179 Å². The fourth-order valence-electron chi connectivity index (χ4n) is 5.92. The predicted octanol–water partition coefficient (Wildman–Crippen LogP) is 8.55. The van der Waals surface area contributed by atoms with E-state index in [9.17, 15) is 30.3 Å². The number of aliphatic hydroxyl groups is 5. The molecule has 1 rings (SSSR count). The van der Waals surface area contributed by atoms with Crippen molar-refractivity contribution >= 4 is 5.91 Å². The highest BCUT2D eigenvalue weighted by molar-refractivity contribution is 5.76. The molecule has 0 aromatic rings. The number of carbonyl (C=O) groups excluding carboxylic acids is 1. The van der Waals surface area contributed by atoms with Gasteiger partial charge in [0.05, 0.1) is 25.4 Å². The normalized spacial score (nSPS) is 22.2. The zero-order valence-corrected chi connectivity index (χ0v) is 34.6. The molecular formula is C47H77NO8. The number of allylic oxidation sites excluding steroid dienone is 15. The van der Waals surface area contributed by atoms with Crippen LogP contribution in [-0.2, 0) is 14.3 Å². The monoisotopic (exact) mass is 784 g/mol. The maximum atomic E-state index is 12.9. The van der Waals surface area contributed by atoms with Crippen LogP contribution in [0.4, 0.5) is 0 Å². The second-order valence-electron chi connectivity index (χ2n) is 14.4. The zero-order chi connectivity index (χ0) is 40.9. The molecule has 0 saturated carbocycles. The Kier molecular flexibility index (Phi) is 33.3. The van der Waals surface area contributed by atoms with Crippen LogP contribution in [0.3, 0.4) is 0 Å². The molecule has 1 heterocycles. The van der Waals surface area contributed by atoms with Crippen molar-refractivity contribution in [3.63, 3.8) is 0 Å². The summed E-state index contributed by atoms with van der Waals surface area (Å²) in [5, 5.41) is 53.8. The number of ether oxygens (including phenoxy) is 2. The van der Waals surface area contributed by atoms with Crippen LogP contribution < -0.4 is 5.32 Å². The Bertz CT molecular complexity index is 1190. The Balaban J connectivity index is 2.30. The standard InChI is InChI=1S/C47H77NO8/c1-3-5-7-9-11-13-14-15-16-17-18-19-20-21-22-23-24-25-26-27-28-29-31-33-35-37-43(51)48-40(41(50)36-34-32-30-12-10-8-6-4-2)39-55-47-46(54)45(53)44(52)42(38-49)56-47/h5,7,10-13,15-16,18-19,21-22,24-25,34,36,40-42,44-47,49-50,52-54H,3-4,6,8-9,14,17,20,23,26-33,35,37-39H2,1-2H3,(H,48,51)/b7-5-,12-10+,13-11-,16-15-,19-18-,22-21-,25-24-,36-34+. The summed E-state index contributed by atoms with van der Waals surface area (Å²) in [6.07, 6.45) is 44.7. The lowest BCUT2D eigenvalue weighted by Gasteiger charge is -2.40. The molecule has 1 fully saturated rings. The molecule has 0 aromatic heterocycles. The molecule has 1 saturated heterocycles. The van der Waals surface area contributed by atoms with E-state index in [-0.39, 0.29) is 12.5 Å². The minimum Gasteiger partial charge on any atom is -0.394 e. The van der Waals surface area contributed by atoms with E-state index >= 15 is 0 Å². The van der Waals surface area contributed by atoms with Gasteiger partial charge >= 0.3 is 0 Å². The minimum atomic E-state index is -1.58. The van der Waals surface area contributed by atoms with Gasteiger partial charge in [0.2, 0.25) is 5.91 Å². The molecule has 1 aliphatic heterocycles. The fraction of sp³-hybridized carbons (Fsp3) is 0.638. The molecule has 9 nitrogen and oxygen atoms in total. The van der Waals surface area contributed by atoms with Gasteiger partial charge in [0, 0.05) is 6.42 Å². The van der Waals surface area contributed by atoms with Crippen LogP contribution in [0.15, 0.2) is 97.2 Å². The lowest BCUT2D eigenvalue weighted by molar-refractivity contribution is -0.302. The number of hydrogen-bond acceptors (Lipinski definition) is 8. The predicted molar refractivity (Wildman–Crippen MR) is 230 cm³/mol. The van der Waals surface area contributed by atoms with Gasteiger partial charge in [-0.1, -0.05) is 150 Å². The van der Waals surface area contributed by atoms with E-state index in [4.69, 9.17) is 9.47 Å². The number of aliphatic hydroxyl groups excluding tert-OH is 5. The highest BCUT2D eigenvalue weighted by Gasteiger charge is 2.44. The summed E-state index contributed by atoms with van der Waals surface area (Å²) < 4.78 is 11.1. The molecule has 0 bridgehead atoms. The van der Waals surface area contributed by atoms with Gasteiger partial charge in [-0.3, -0.25) is 4.79 Å². The summed E-state index contributed by atoms with van der Waals surface area (Å²) in [4.78, 5) is 12.9. The van der Waals surface area contributed by atoms with E-state index in [0.717, 1.165) is 116 Å². The van der Waals surface area contributed by atoms with E-state index in [0.29, 0.717) is 6.42 Å². The molecule has 7 unspecified atom stereocenters. The lowest BCUT2D eigenvalue weighted by Crippen LogP contribution is -2.60. The Morgan fingerprint density at radius 1 is 0.625 bits per heavy atom. The molecule has 318 valence electrons. The maximum absolute atomic E-state index is 12.9. The fourth-order valence-corrected chi connectivity index (χ4v) is 5.92. The molecule has 0 aliphatic carbocycles. The minimum absolute atomic E-state index is 0.212. The van der Waals surface area contributed by atoms with E-state index in [1.165, 1.54) is 0 Å². The number of amides is 1. The number of rotatable bonds is 33. The number of carbonyl (C=O) groups is 1. The van der Waals surface area contributed by atoms with Crippen molar-refractivity contribution in [2.24, 2.45) is 0 Å². The van der Waals surface area contributed by atoms with Crippen LogP contribution in [0.2, 0.25) is 0 Å². The van der Waals surface area contributed by atoms with Gasteiger partial charge < -0.3 is 40.3 Å². The Labute approximate surface area is 339 Å². The van der Waals surface area contributed by atoms with E-state index < -0.39 is 49.5 Å². The topological polar surface area (TPSA) is 149 Å². The first-order valence-electron chi connectivity index (χ1n) is 21.5. The number of hydrogen-bond donors (Lipinski definition) is 6. The lowest BCUT2D eigenvalue weighted by atomic mass is 9.99. The molecule has 0 spiro atoms. The Morgan fingerprint density at radius 3 is 1.71 bits per heavy atom. The van der Waals surface area contributed by atoms with Crippen molar-refractivity contribution in [3.05, 3.63) is 97.2 Å². The van der Waals surface area contributed by atoms with Gasteiger partial charge in [0.25, 0.3) is 0 Å². The molecule has 1 aliphatic rings. The van der Waals surface area contributed by atoms with Crippen LogP contribution in [0.25, 0.3) is 0 Å². The summed E-state index contributed by atoms with van der Waals surface area (Å²) in [6.45, 7) is 3.52. The molecular weight excluding hydrogens is 707 g/mol. The second-order valence-corrected chi connectivity index (χ2v) is 14.4. The summed E-state index contributed by atoms with van der Waals surface area (Å²) in [7, 11) is 0. The van der Waals surface area contributed by atoms with E-state index in [2.05, 4.69) is 104 Å². The number of unbranched alkanes of at least 4 members (excludes halogenated alkanes) is 9. The van der Waals surface area contributed by atoms with E-state index in [1.54, 1.807) is 6.08 Å². The summed E-state index contributed by atoms with van der Waals surface area (Å²) in [6, 6.07) is -0.833. The van der Waals surface area contributed by atoms with Gasteiger partial charge in [-0.05, 0) is 77.0 Å². The highest BCUT2D eigenvalue weighted by Crippen LogP contribution is 2.22. The average Bonchev–Trinajstić information content (AvgIpc) is 3.20. The van der Waals surface area contributed by atoms with Crippen molar-refractivity contribution < 1.29 is 39.8 Å². The Morgan fingerprint density at radius 2 is 1.12 bits per heavy atom. The first-order valence-corrected chi connectivity index (χ1v) is 21.5. The molecule has 56 heavy (non-hydrogen) atoms. The van der Waals surface area contributed by atoms with Crippen LogP contribution in [0.5, 0.6) is 0 Å². The highest BCUT2D eigenvalue weighted by atomic mass is 16.7. The SMILES string of the molecule is CC/C=C\C/C=C\C/C=C\C/C=C\C/C=C\C/C=C\CCCCCCCCC(=O)NC(COC1OC(CO)C(O)C(O)C1O)C(O)/C=C/CC/C=C/CCCC. The van der Waals surface area contributed by atoms with Crippen LogP contribution in [0, 0.1) is 0 Å². The van der Waals surface area contributed by atoms with Crippen molar-refractivity contribution in [1.29, 1.82) is 0 Å². The van der Waals surface area contributed by atoms with Crippen LogP contribution in [-0.4, -0.2) is 87.5 Å². The molecule has 0 aromatic carbocycles. The largest absolute Gasteiger partial charge is 0.394 e. The molecule has 1 amide bonds. The molecule has 9 heteroatoms. The van der Waals surface area contributed by atoms with Gasteiger partial charge in [-0.25, -0.2) is 0 Å². The molecule has 7 atom stereocenters. The third-order valence-electron chi connectivity index (χ3n) is 9.39. The first-order chi connectivity index (χ1) is 27.3. The first kappa shape index (κ1) is 51.1. The van der Waals surface area contributed by atoms with Crippen molar-refractivity contribution in [2.75, 3.05) is 13.2 Å². The summed E-state index contributed by atoms with van der Waals surface area (Å²) >= 11 is 0. The van der Waals surface area contributed by atoms with Gasteiger partial charge in [0.15, 0.2) is 6.29 Å². The quantitative estimate of drug-likeness (QED) is 0.0287. The third-order valence-corrected chi connectivity index (χ3v) is 9.39. The summed E-state index contributed by atoms with van der Waals surface area (Å²) in [5.41, 5.74) is 0. The van der Waals surface area contributed by atoms with Gasteiger partial charge in [-0.15, -0.1) is 0 Å². The zero-order valence-electron chi connectivity index (χ0n) is 34.6. The molecule has 0 radical (unpaired) electrons. The average molecular weight is 784 g/mol. The maximum Gasteiger partial charge on any atom is 0.220 e. The van der Waals surface area contributed by atoms with Gasteiger partial charge in [0.1, 0.15) is 24.4 Å². The van der Waals surface area contributed by atoms with Crippen LogP contribution in [0.1, 0.15) is 136 Å². The Hall–Kier alpha value is -2.89. The third kappa shape index (κ3) is 26.9.